The Balaban J connectivity index is 1.88. The summed E-state index contributed by atoms with van der Waals surface area (Å²) in [7, 11) is 0. The van der Waals surface area contributed by atoms with Crippen LogP contribution in [0.4, 0.5) is 5.69 Å². The SMILES string of the molecule is CC1=C(C(=O)OC(C)C)[C@H](c2cn(-c3ccccc3)nc2-c2ccc([N+](=O)[O-])cc2)NC(=S)N1. The van der Waals surface area contributed by atoms with Crippen LogP contribution >= 0.6 is 12.2 Å². The van der Waals surface area contributed by atoms with E-state index in [-0.39, 0.29) is 11.8 Å². The van der Waals surface area contributed by atoms with Crippen molar-refractivity contribution in [1.29, 1.82) is 0 Å². The van der Waals surface area contributed by atoms with Crippen LogP contribution in [0, 0.1) is 10.1 Å². The van der Waals surface area contributed by atoms with Gasteiger partial charge in [0.05, 0.1) is 34.0 Å². The van der Waals surface area contributed by atoms with Gasteiger partial charge in [0.1, 0.15) is 0 Å². The first-order chi connectivity index (χ1) is 16.2. The van der Waals surface area contributed by atoms with E-state index in [2.05, 4.69) is 10.6 Å². The van der Waals surface area contributed by atoms with Gasteiger partial charge in [0, 0.05) is 35.2 Å². The quantitative estimate of drug-likeness (QED) is 0.235. The molecule has 4 rings (SSSR count). The predicted molar refractivity (Wildman–Crippen MR) is 131 cm³/mol. The first kappa shape index (κ1) is 23.1. The van der Waals surface area contributed by atoms with Gasteiger partial charge in [-0.25, -0.2) is 9.48 Å². The van der Waals surface area contributed by atoms with Crippen LogP contribution < -0.4 is 10.6 Å². The number of para-hydroxylation sites is 1. The Hall–Kier alpha value is -4.05. The number of nitrogens with one attached hydrogen (secondary N) is 2. The van der Waals surface area contributed by atoms with Gasteiger partial charge in [0.2, 0.25) is 0 Å². The number of ether oxygens (including phenoxy) is 1. The van der Waals surface area contributed by atoms with E-state index in [1.54, 1.807) is 37.6 Å². The number of hydrogen-bond donors (Lipinski definition) is 2. The lowest BCUT2D eigenvalue weighted by molar-refractivity contribution is -0.384. The van der Waals surface area contributed by atoms with Crippen LogP contribution in [-0.4, -0.2) is 31.9 Å². The van der Waals surface area contributed by atoms with E-state index in [0.717, 1.165) is 5.69 Å². The molecule has 1 aliphatic heterocycles. The third-order valence-corrected chi connectivity index (χ3v) is 5.48. The summed E-state index contributed by atoms with van der Waals surface area (Å²) in [6.45, 7) is 5.34. The van der Waals surface area contributed by atoms with Gasteiger partial charge in [-0.1, -0.05) is 18.2 Å². The first-order valence-electron chi connectivity index (χ1n) is 10.6. The highest BCUT2D eigenvalue weighted by Gasteiger charge is 2.34. The van der Waals surface area contributed by atoms with Crippen molar-refractivity contribution in [2.75, 3.05) is 0 Å². The van der Waals surface area contributed by atoms with Gasteiger partial charge in [-0.2, -0.15) is 5.10 Å². The molecule has 0 spiro atoms. The number of benzene rings is 2. The molecule has 174 valence electrons. The number of rotatable bonds is 6. The smallest absolute Gasteiger partial charge is 0.338 e. The van der Waals surface area contributed by atoms with Gasteiger partial charge < -0.3 is 15.4 Å². The molecule has 0 radical (unpaired) electrons. The van der Waals surface area contributed by atoms with Gasteiger partial charge in [0.25, 0.3) is 5.69 Å². The fourth-order valence-electron chi connectivity index (χ4n) is 3.75. The number of carbonyl (C=O) groups is 1. The van der Waals surface area contributed by atoms with Crippen LogP contribution in [0.15, 0.2) is 72.1 Å². The minimum absolute atomic E-state index is 0.0223. The Bertz CT molecular complexity index is 1280. The Morgan fingerprint density at radius 2 is 1.85 bits per heavy atom. The molecule has 0 unspecified atom stereocenters. The van der Waals surface area contributed by atoms with Gasteiger partial charge in [-0.3, -0.25) is 10.1 Å². The monoisotopic (exact) mass is 477 g/mol. The van der Waals surface area contributed by atoms with Crippen LogP contribution in [-0.2, 0) is 9.53 Å². The Kier molecular flexibility index (Phi) is 6.42. The number of carbonyl (C=O) groups excluding carboxylic acids is 1. The van der Waals surface area contributed by atoms with Crippen molar-refractivity contribution in [3.8, 4) is 16.9 Å². The van der Waals surface area contributed by atoms with Crippen molar-refractivity contribution in [3.05, 3.63) is 87.7 Å². The molecule has 10 heteroatoms. The zero-order valence-electron chi connectivity index (χ0n) is 18.8. The van der Waals surface area contributed by atoms with E-state index < -0.39 is 16.9 Å². The molecule has 0 saturated heterocycles. The third kappa shape index (κ3) is 4.67. The van der Waals surface area contributed by atoms with E-state index in [9.17, 15) is 14.9 Å². The minimum Gasteiger partial charge on any atom is -0.459 e. The maximum Gasteiger partial charge on any atom is 0.338 e. The number of nitrogens with zero attached hydrogens (tertiary/aromatic N) is 3. The molecule has 0 saturated carbocycles. The third-order valence-electron chi connectivity index (χ3n) is 5.26. The second kappa shape index (κ2) is 9.44. The molecule has 2 heterocycles. The lowest BCUT2D eigenvalue weighted by atomic mass is 9.94. The van der Waals surface area contributed by atoms with Crippen LogP contribution in [0.2, 0.25) is 0 Å². The molecule has 9 nitrogen and oxygen atoms in total. The molecular weight excluding hydrogens is 454 g/mol. The summed E-state index contributed by atoms with van der Waals surface area (Å²) >= 11 is 5.38. The number of nitro groups is 1. The molecule has 1 atom stereocenters. The molecule has 1 aliphatic rings. The summed E-state index contributed by atoms with van der Waals surface area (Å²) in [5.74, 6) is -0.470. The molecule has 2 N–H and O–H groups in total. The lowest BCUT2D eigenvalue weighted by Gasteiger charge is -2.30. The molecule has 0 amide bonds. The van der Waals surface area contributed by atoms with E-state index in [1.807, 2.05) is 36.5 Å². The maximum absolute atomic E-state index is 13.0. The molecule has 0 bridgehead atoms. The average molecular weight is 478 g/mol. The van der Waals surface area contributed by atoms with Gasteiger partial charge >= 0.3 is 5.97 Å². The van der Waals surface area contributed by atoms with Crippen molar-refractivity contribution in [3.63, 3.8) is 0 Å². The summed E-state index contributed by atoms with van der Waals surface area (Å²) in [6, 6.07) is 15.0. The second-order valence-electron chi connectivity index (χ2n) is 8.04. The number of non-ortho nitro benzene ring substituents is 1. The summed E-state index contributed by atoms with van der Waals surface area (Å²) < 4.78 is 7.21. The molecule has 1 aromatic heterocycles. The van der Waals surface area contributed by atoms with Crippen molar-refractivity contribution in [2.45, 2.75) is 32.9 Å². The van der Waals surface area contributed by atoms with Gasteiger partial charge in [0.15, 0.2) is 5.11 Å². The molecule has 0 aliphatic carbocycles. The zero-order chi connectivity index (χ0) is 24.4. The van der Waals surface area contributed by atoms with Crippen LogP contribution in [0.5, 0.6) is 0 Å². The van der Waals surface area contributed by atoms with Crippen molar-refractivity contribution < 1.29 is 14.5 Å². The van der Waals surface area contributed by atoms with Gasteiger partial charge in [-0.15, -0.1) is 0 Å². The van der Waals surface area contributed by atoms with E-state index in [0.29, 0.717) is 33.2 Å². The van der Waals surface area contributed by atoms with E-state index in [1.165, 1.54) is 12.1 Å². The second-order valence-corrected chi connectivity index (χ2v) is 8.45. The number of allylic oxidation sites excluding steroid dienone is 1. The molecule has 2 aromatic carbocycles. The highest BCUT2D eigenvalue weighted by molar-refractivity contribution is 7.80. The maximum atomic E-state index is 13.0. The fraction of sp³-hybridized carbons (Fsp3) is 0.208. The van der Waals surface area contributed by atoms with Crippen LogP contribution in [0.1, 0.15) is 32.4 Å². The van der Waals surface area contributed by atoms with Crippen molar-refractivity contribution in [2.24, 2.45) is 0 Å². The van der Waals surface area contributed by atoms with Crippen molar-refractivity contribution >= 4 is 29.0 Å². The summed E-state index contributed by atoms with van der Waals surface area (Å²) in [4.78, 5) is 23.7. The van der Waals surface area contributed by atoms with Gasteiger partial charge in [-0.05, 0) is 57.3 Å². The highest BCUT2D eigenvalue weighted by atomic mass is 32.1. The van der Waals surface area contributed by atoms with Crippen molar-refractivity contribution in [1.82, 2.24) is 20.4 Å². The Morgan fingerprint density at radius 1 is 1.18 bits per heavy atom. The molecular formula is C24H23N5O4S. The number of nitro benzene ring substituents is 1. The van der Waals surface area contributed by atoms with E-state index in [4.69, 9.17) is 22.1 Å². The predicted octanol–water partition coefficient (Wildman–Crippen LogP) is 4.19. The van der Waals surface area contributed by atoms with Crippen LogP contribution in [0.25, 0.3) is 16.9 Å². The first-order valence-corrected chi connectivity index (χ1v) is 11.0. The van der Waals surface area contributed by atoms with Crippen LogP contribution in [0.3, 0.4) is 0 Å². The summed E-state index contributed by atoms with van der Waals surface area (Å²) in [5, 5.41) is 22.4. The minimum atomic E-state index is -0.636. The highest BCUT2D eigenvalue weighted by Crippen LogP contribution is 2.35. The molecule has 0 fully saturated rings. The molecule has 3 aromatic rings. The zero-order valence-corrected chi connectivity index (χ0v) is 19.6. The Morgan fingerprint density at radius 3 is 2.47 bits per heavy atom. The number of thiocarbonyl (C=S) groups is 1. The standard InChI is InChI=1S/C24H23N5O4S/c1-14(2)33-23(30)20-15(3)25-24(34)26-22(20)19-13-28(17-7-5-4-6-8-17)27-21(19)16-9-11-18(12-10-16)29(31)32/h4-14,22H,1-3H3,(H2,25,26,34)/t22-/m0/s1. The normalized spacial score (nSPS) is 15.6. The fourth-order valence-corrected chi connectivity index (χ4v) is 4.02. The number of hydrogen-bond acceptors (Lipinski definition) is 6. The topological polar surface area (TPSA) is 111 Å². The summed E-state index contributed by atoms with van der Waals surface area (Å²) in [6.07, 6.45) is 1.52. The molecule has 34 heavy (non-hydrogen) atoms. The largest absolute Gasteiger partial charge is 0.459 e. The number of esters is 1. The summed E-state index contributed by atoms with van der Waals surface area (Å²) in [5.41, 5.74) is 3.67. The lowest BCUT2D eigenvalue weighted by Crippen LogP contribution is -2.45. The average Bonchev–Trinajstić information content (AvgIpc) is 3.24. The van der Waals surface area contributed by atoms with E-state index >= 15 is 0 Å². The Labute approximate surface area is 201 Å². The number of aromatic nitrogens is 2.